The summed E-state index contributed by atoms with van der Waals surface area (Å²) in [5.41, 5.74) is 3.36. The van der Waals surface area contributed by atoms with Gasteiger partial charge < -0.3 is 15.1 Å². The third kappa shape index (κ3) is 4.41. The lowest BCUT2D eigenvalue weighted by molar-refractivity contribution is -0.116. The van der Waals surface area contributed by atoms with Crippen LogP contribution in [0.25, 0.3) is 0 Å². The number of dihydropyridines is 1. The third-order valence-corrected chi connectivity index (χ3v) is 6.56. The highest BCUT2D eigenvalue weighted by Crippen LogP contribution is 2.44. The molecule has 0 saturated heterocycles. The van der Waals surface area contributed by atoms with Crippen LogP contribution in [-0.2, 0) is 9.59 Å². The van der Waals surface area contributed by atoms with Gasteiger partial charge in [0.1, 0.15) is 5.76 Å². The van der Waals surface area contributed by atoms with Gasteiger partial charge in [-0.3, -0.25) is 9.59 Å². The van der Waals surface area contributed by atoms with E-state index in [2.05, 4.69) is 16.7 Å². The van der Waals surface area contributed by atoms with Crippen LogP contribution in [0.3, 0.4) is 0 Å². The molecule has 2 heterocycles. The molecular formula is C23H20ClN3O3S. The molecule has 4 rings (SSSR count). The van der Waals surface area contributed by atoms with Crippen molar-refractivity contribution in [2.75, 3.05) is 11.1 Å². The number of amides is 1. The summed E-state index contributed by atoms with van der Waals surface area (Å²) in [4.78, 5) is 25.2. The van der Waals surface area contributed by atoms with Gasteiger partial charge in [-0.05, 0) is 49.6 Å². The van der Waals surface area contributed by atoms with E-state index in [0.717, 1.165) is 24.1 Å². The molecule has 0 fully saturated rings. The monoisotopic (exact) mass is 453 g/mol. The average Bonchev–Trinajstić information content (AvgIpc) is 3.28. The number of hydrogen-bond donors (Lipinski definition) is 2. The minimum Gasteiger partial charge on any atom is -0.468 e. The number of nitriles is 1. The number of carbonyl (C=O) groups is 2. The zero-order chi connectivity index (χ0) is 22.0. The maximum absolute atomic E-state index is 12.7. The van der Waals surface area contributed by atoms with Crippen molar-refractivity contribution in [3.63, 3.8) is 0 Å². The fraction of sp³-hybridized carbons (Fsp3) is 0.261. The van der Waals surface area contributed by atoms with Gasteiger partial charge in [-0.2, -0.15) is 5.26 Å². The van der Waals surface area contributed by atoms with E-state index in [4.69, 9.17) is 16.0 Å². The lowest BCUT2D eigenvalue weighted by atomic mass is 9.79. The number of allylic oxidation sites excluding steroid dienone is 3. The van der Waals surface area contributed by atoms with E-state index in [1.54, 1.807) is 24.3 Å². The normalized spacial score (nSPS) is 18.4. The first-order valence-electron chi connectivity index (χ1n) is 9.87. The Morgan fingerprint density at radius 3 is 2.97 bits per heavy atom. The summed E-state index contributed by atoms with van der Waals surface area (Å²) in [5.74, 6) is -0.0826. The Morgan fingerprint density at radius 1 is 1.39 bits per heavy atom. The molecule has 1 aliphatic carbocycles. The molecule has 8 heteroatoms. The third-order valence-electron chi connectivity index (χ3n) is 5.31. The lowest BCUT2D eigenvalue weighted by Crippen LogP contribution is -2.31. The van der Waals surface area contributed by atoms with Crippen molar-refractivity contribution in [1.82, 2.24) is 5.32 Å². The molecule has 1 atom stereocenters. The van der Waals surface area contributed by atoms with Crippen molar-refractivity contribution in [2.24, 2.45) is 0 Å². The largest absolute Gasteiger partial charge is 0.468 e. The number of anilines is 1. The molecular weight excluding hydrogens is 434 g/mol. The van der Waals surface area contributed by atoms with Crippen LogP contribution in [0.15, 0.2) is 62.9 Å². The molecule has 2 aliphatic rings. The fourth-order valence-corrected chi connectivity index (χ4v) is 4.86. The maximum Gasteiger partial charge on any atom is 0.234 e. The molecule has 1 aromatic carbocycles. The van der Waals surface area contributed by atoms with Crippen molar-refractivity contribution in [1.29, 1.82) is 5.26 Å². The van der Waals surface area contributed by atoms with Gasteiger partial charge in [-0.15, -0.1) is 0 Å². The molecule has 158 valence electrons. The minimum absolute atomic E-state index is 0.0288. The molecule has 2 N–H and O–H groups in total. The summed E-state index contributed by atoms with van der Waals surface area (Å²) >= 11 is 7.27. The number of halogens is 1. The molecule has 1 aliphatic heterocycles. The van der Waals surface area contributed by atoms with Gasteiger partial charge in [-0.25, -0.2) is 0 Å². The molecule has 0 spiro atoms. The molecule has 1 aromatic heterocycles. The second-order valence-corrected chi connectivity index (χ2v) is 8.82. The lowest BCUT2D eigenvalue weighted by Gasteiger charge is -2.32. The number of rotatable bonds is 5. The van der Waals surface area contributed by atoms with Gasteiger partial charge >= 0.3 is 0 Å². The Morgan fingerprint density at radius 2 is 2.23 bits per heavy atom. The van der Waals surface area contributed by atoms with Crippen LogP contribution >= 0.6 is 23.4 Å². The van der Waals surface area contributed by atoms with Crippen LogP contribution in [0.5, 0.6) is 0 Å². The van der Waals surface area contributed by atoms with E-state index in [-0.39, 0.29) is 17.4 Å². The topological polar surface area (TPSA) is 95.1 Å². The predicted octanol–water partition coefficient (Wildman–Crippen LogP) is 5.04. The maximum atomic E-state index is 12.7. The number of nitrogens with zero attached hydrogens (tertiary/aromatic N) is 1. The zero-order valence-electron chi connectivity index (χ0n) is 16.8. The Hall–Kier alpha value is -2.95. The number of benzene rings is 1. The summed E-state index contributed by atoms with van der Waals surface area (Å²) in [6.07, 6.45) is 3.46. The summed E-state index contributed by atoms with van der Waals surface area (Å²) < 4.78 is 5.58. The predicted molar refractivity (Wildman–Crippen MR) is 120 cm³/mol. The molecule has 0 unspecified atom stereocenters. The highest BCUT2D eigenvalue weighted by Gasteiger charge is 2.38. The van der Waals surface area contributed by atoms with E-state index < -0.39 is 5.92 Å². The van der Waals surface area contributed by atoms with Gasteiger partial charge in [0.25, 0.3) is 0 Å². The van der Waals surface area contributed by atoms with Gasteiger partial charge in [0.15, 0.2) is 5.78 Å². The van der Waals surface area contributed by atoms with Gasteiger partial charge in [0.05, 0.1) is 34.6 Å². The highest BCUT2D eigenvalue weighted by atomic mass is 35.5. The molecule has 31 heavy (non-hydrogen) atoms. The van der Waals surface area contributed by atoms with Crippen LogP contribution in [-0.4, -0.2) is 17.4 Å². The number of thioether (sulfide) groups is 1. The number of furan rings is 1. The van der Waals surface area contributed by atoms with Crippen LogP contribution in [0.2, 0.25) is 5.02 Å². The smallest absolute Gasteiger partial charge is 0.234 e. The minimum atomic E-state index is -0.551. The quantitative estimate of drug-likeness (QED) is 0.658. The van der Waals surface area contributed by atoms with Crippen molar-refractivity contribution in [2.45, 2.75) is 32.1 Å². The molecule has 0 saturated carbocycles. The summed E-state index contributed by atoms with van der Waals surface area (Å²) in [6.45, 7) is 1.89. The Balaban J connectivity index is 1.58. The SMILES string of the molecule is Cc1ccc(Cl)cc1NC(=O)CSC1=C(C#N)[C@@H](c2ccco2)C2=C(CCCC2=O)N1. The summed E-state index contributed by atoms with van der Waals surface area (Å²) in [7, 11) is 0. The number of carbonyl (C=O) groups excluding carboxylic acids is 2. The average molecular weight is 454 g/mol. The van der Waals surface area contributed by atoms with E-state index in [1.807, 2.05) is 13.0 Å². The second-order valence-electron chi connectivity index (χ2n) is 7.39. The number of ketones is 1. The number of Topliss-reactive ketones (excluding diaryl/α,β-unsaturated/α-hetero) is 1. The zero-order valence-corrected chi connectivity index (χ0v) is 18.4. The van der Waals surface area contributed by atoms with E-state index in [1.165, 1.54) is 18.0 Å². The molecule has 1 amide bonds. The van der Waals surface area contributed by atoms with Crippen molar-refractivity contribution >= 4 is 40.7 Å². The second kappa shape index (κ2) is 9.04. The Labute approximate surface area is 189 Å². The van der Waals surface area contributed by atoms with Gasteiger partial charge in [-0.1, -0.05) is 29.4 Å². The van der Waals surface area contributed by atoms with Crippen LogP contribution < -0.4 is 10.6 Å². The van der Waals surface area contributed by atoms with E-state index >= 15 is 0 Å². The first-order chi connectivity index (χ1) is 15.0. The number of hydrogen-bond acceptors (Lipinski definition) is 6. The van der Waals surface area contributed by atoms with Crippen LogP contribution in [0.1, 0.15) is 36.5 Å². The number of aryl methyl sites for hydroxylation is 1. The van der Waals surface area contributed by atoms with E-state index in [9.17, 15) is 14.9 Å². The summed E-state index contributed by atoms with van der Waals surface area (Å²) in [5, 5.41) is 17.2. The molecule has 6 nitrogen and oxygen atoms in total. The standard InChI is InChI=1S/C23H20ClN3O3S/c1-13-7-8-14(24)10-17(13)26-20(29)12-31-23-15(11-25)21(19-6-3-9-30-19)22-16(27-23)4-2-5-18(22)28/h3,6-10,21,27H,2,4-5,12H2,1H3,(H,26,29)/t21-/m0/s1. The van der Waals surface area contributed by atoms with Gasteiger partial charge in [0.2, 0.25) is 5.91 Å². The Bertz CT molecular complexity index is 1150. The van der Waals surface area contributed by atoms with Crippen LogP contribution in [0.4, 0.5) is 5.69 Å². The van der Waals surface area contributed by atoms with E-state index in [0.29, 0.717) is 39.1 Å². The van der Waals surface area contributed by atoms with Gasteiger partial charge in [0, 0.05) is 28.4 Å². The van der Waals surface area contributed by atoms with Crippen molar-refractivity contribution < 1.29 is 14.0 Å². The van der Waals surface area contributed by atoms with Crippen molar-refractivity contribution in [3.8, 4) is 6.07 Å². The highest BCUT2D eigenvalue weighted by molar-refractivity contribution is 8.03. The molecule has 2 aromatic rings. The fourth-order valence-electron chi connectivity index (χ4n) is 3.83. The summed E-state index contributed by atoms with van der Waals surface area (Å²) in [6, 6.07) is 11.1. The van der Waals surface area contributed by atoms with Crippen molar-refractivity contribution in [3.05, 3.63) is 74.8 Å². The number of nitrogens with one attached hydrogen (secondary N) is 2. The Kier molecular flexibility index (Phi) is 6.21. The van der Waals surface area contributed by atoms with Crippen LogP contribution in [0, 0.1) is 18.3 Å². The molecule has 0 radical (unpaired) electrons. The first kappa shape index (κ1) is 21.3. The first-order valence-corrected chi connectivity index (χ1v) is 11.2. The molecule has 0 bridgehead atoms.